The first-order valence-electron chi connectivity index (χ1n) is 10.3. The number of nitrogens with zero attached hydrogens (tertiary/aromatic N) is 3. The minimum atomic E-state index is -0.536. The zero-order chi connectivity index (χ0) is 21.6. The molecule has 2 N–H and O–H groups in total. The number of hydrogen-bond donors (Lipinski definition) is 2. The van der Waals surface area contributed by atoms with E-state index in [-0.39, 0.29) is 5.82 Å². The topological polar surface area (TPSA) is 53.1 Å². The molecule has 0 saturated carbocycles. The molecule has 8 heteroatoms. The maximum absolute atomic E-state index is 14.6. The third kappa shape index (κ3) is 5.71. The quantitative estimate of drug-likeness (QED) is 0.361. The van der Waals surface area contributed by atoms with Crippen LogP contribution in [-0.4, -0.2) is 28.0 Å². The molecule has 0 atom stereocenters. The summed E-state index contributed by atoms with van der Waals surface area (Å²) in [6.45, 7) is 5.23. The van der Waals surface area contributed by atoms with E-state index in [1.165, 1.54) is 36.9 Å². The molecule has 3 heterocycles. The predicted molar refractivity (Wildman–Crippen MR) is 121 cm³/mol. The van der Waals surface area contributed by atoms with Crippen LogP contribution in [0.15, 0.2) is 53.6 Å². The summed E-state index contributed by atoms with van der Waals surface area (Å²) < 4.78 is 30.7. The Morgan fingerprint density at radius 3 is 2.58 bits per heavy atom. The second-order valence-electron chi connectivity index (χ2n) is 7.55. The SMILES string of the molecule is Cc1nc(SNc2cccc(F)n2)ccc1NCc1c(F)cccc1CN1CCCC1. The molecule has 0 radical (unpaired) electrons. The number of pyridine rings is 2. The maximum Gasteiger partial charge on any atom is 0.214 e. The first-order chi connectivity index (χ1) is 15.1. The molecule has 0 bridgehead atoms. The van der Waals surface area contributed by atoms with Gasteiger partial charge in [-0.25, -0.2) is 14.4 Å². The molecule has 1 aliphatic heterocycles. The molecule has 1 aromatic carbocycles. The lowest BCUT2D eigenvalue weighted by atomic mass is 10.1. The Balaban J connectivity index is 1.40. The van der Waals surface area contributed by atoms with E-state index in [0.717, 1.165) is 41.6 Å². The van der Waals surface area contributed by atoms with Gasteiger partial charge in [0.2, 0.25) is 5.95 Å². The van der Waals surface area contributed by atoms with Crippen LogP contribution in [0.5, 0.6) is 0 Å². The first kappa shape index (κ1) is 21.5. The molecule has 162 valence electrons. The van der Waals surface area contributed by atoms with Crippen LogP contribution in [0.25, 0.3) is 0 Å². The fraction of sp³-hybridized carbons (Fsp3) is 0.304. The molecule has 0 unspecified atom stereocenters. The van der Waals surface area contributed by atoms with E-state index in [1.807, 2.05) is 25.1 Å². The molecular weight excluding hydrogens is 416 g/mol. The van der Waals surface area contributed by atoms with Crippen LogP contribution < -0.4 is 10.0 Å². The highest BCUT2D eigenvalue weighted by atomic mass is 32.2. The summed E-state index contributed by atoms with van der Waals surface area (Å²) in [5, 5.41) is 4.06. The van der Waals surface area contributed by atoms with E-state index in [2.05, 4.69) is 24.9 Å². The molecule has 0 amide bonds. The number of anilines is 2. The van der Waals surface area contributed by atoms with Gasteiger partial charge in [0.25, 0.3) is 0 Å². The minimum Gasteiger partial charge on any atom is -0.379 e. The second kappa shape index (κ2) is 10.1. The Morgan fingerprint density at radius 2 is 1.81 bits per heavy atom. The number of likely N-dealkylation sites (tertiary alicyclic amines) is 1. The molecule has 1 aliphatic rings. The average molecular weight is 442 g/mol. The third-order valence-electron chi connectivity index (χ3n) is 5.30. The Kier molecular flexibility index (Phi) is 6.99. The maximum atomic E-state index is 14.6. The zero-order valence-electron chi connectivity index (χ0n) is 17.4. The summed E-state index contributed by atoms with van der Waals surface area (Å²) in [7, 11) is 0. The van der Waals surface area contributed by atoms with Crippen molar-refractivity contribution in [2.24, 2.45) is 0 Å². The summed E-state index contributed by atoms with van der Waals surface area (Å²) >= 11 is 1.26. The fourth-order valence-electron chi connectivity index (χ4n) is 3.67. The molecule has 0 spiro atoms. The molecule has 1 fully saturated rings. The van der Waals surface area contributed by atoms with Gasteiger partial charge >= 0.3 is 0 Å². The number of hydrogen-bond acceptors (Lipinski definition) is 6. The van der Waals surface area contributed by atoms with Gasteiger partial charge in [0.05, 0.1) is 11.4 Å². The largest absolute Gasteiger partial charge is 0.379 e. The fourth-order valence-corrected chi connectivity index (χ4v) is 4.31. The summed E-state index contributed by atoms with van der Waals surface area (Å²) in [6, 6.07) is 13.7. The Labute approximate surface area is 185 Å². The Hall–Kier alpha value is -2.71. The minimum absolute atomic E-state index is 0.186. The molecule has 2 aromatic heterocycles. The number of aromatic nitrogens is 2. The van der Waals surface area contributed by atoms with Crippen LogP contribution in [0.3, 0.4) is 0 Å². The van der Waals surface area contributed by atoms with E-state index >= 15 is 0 Å². The van der Waals surface area contributed by atoms with Crippen molar-refractivity contribution in [3.05, 3.63) is 77.1 Å². The molecule has 31 heavy (non-hydrogen) atoms. The summed E-state index contributed by atoms with van der Waals surface area (Å²) in [5.41, 5.74) is 3.38. The van der Waals surface area contributed by atoms with E-state index in [9.17, 15) is 8.78 Å². The van der Waals surface area contributed by atoms with Crippen molar-refractivity contribution in [2.45, 2.75) is 37.9 Å². The summed E-state index contributed by atoms with van der Waals surface area (Å²) in [4.78, 5) is 10.7. The van der Waals surface area contributed by atoms with Crippen LogP contribution in [0, 0.1) is 18.7 Å². The number of aryl methyl sites for hydroxylation is 1. The monoisotopic (exact) mass is 441 g/mol. The van der Waals surface area contributed by atoms with Crippen molar-refractivity contribution in [1.29, 1.82) is 0 Å². The molecule has 3 aromatic rings. The lowest BCUT2D eigenvalue weighted by Gasteiger charge is -2.19. The molecule has 5 nitrogen and oxygen atoms in total. The molecule has 0 aliphatic carbocycles. The van der Waals surface area contributed by atoms with Gasteiger partial charge in [0.1, 0.15) is 16.7 Å². The van der Waals surface area contributed by atoms with Crippen molar-refractivity contribution in [1.82, 2.24) is 14.9 Å². The predicted octanol–water partition coefficient (Wildman–Crippen LogP) is 5.39. The average Bonchev–Trinajstić information content (AvgIpc) is 3.26. The molecule has 4 rings (SSSR count). The lowest BCUT2D eigenvalue weighted by Crippen LogP contribution is -2.20. The van der Waals surface area contributed by atoms with Crippen molar-refractivity contribution < 1.29 is 8.78 Å². The van der Waals surface area contributed by atoms with E-state index in [1.54, 1.807) is 18.2 Å². The van der Waals surface area contributed by atoms with Gasteiger partial charge in [-0.2, -0.15) is 4.39 Å². The van der Waals surface area contributed by atoms with Gasteiger partial charge < -0.3 is 10.0 Å². The number of benzene rings is 1. The van der Waals surface area contributed by atoms with Gasteiger partial charge in [-0.1, -0.05) is 18.2 Å². The highest BCUT2D eigenvalue weighted by Gasteiger charge is 2.16. The lowest BCUT2D eigenvalue weighted by molar-refractivity contribution is 0.329. The van der Waals surface area contributed by atoms with E-state index in [0.29, 0.717) is 17.9 Å². The highest BCUT2D eigenvalue weighted by Crippen LogP contribution is 2.24. The van der Waals surface area contributed by atoms with Gasteiger partial charge in [0, 0.05) is 30.6 Å². The van der Waals surface area contributed by atoms with Gasteiger partial charge in [-0.15, -0.1) is 0 Å². The number of rotatable bonds is 8. The first-order valence-corrected chi connectivity index (χ1v) is 11.2. The van der Waals surface area contributed by atoms with E-state index < -0.39 is 5.95 Å². The number of halogens is 2. The second-order valence-corrected chi connectivity index (χ2v) is 8.37. The van der Waals surface area contributed by atoms with E-state index in [4.69, 9.17) is 0 Å². The van der Waals surface area contributed by atoms with Crippen LogP contribution in [-0.2, 0) is 13.1 Å². The summed E-state index contributed by atoms with van der Waals surface area (Å²) in [6.07, 6.45) is 2.42. The standard InChI is InChI=1S/C23H25F2N5S/c1-16-20(10-11-23(27-16)31-29-22-9-5-8-21(25)28-22)26-14-18-17(6-4-7-19(18)24)15-30-12-2-3-13-30/h4-11,26H,2-3,12-15H2,1H3,(H,28,29). The smallest absolute Gasteiger partial charge is 0.214 e. The van der Waals surface area contributed by atoms with Crippen molar-refractivity contribution in [3.8, 4) is 0 Å². The van der Waals surface area contributed by atoms with Crippen molar-refractivity contribution >= 4 is 23.5 Å². The van der Waals surface area contributed by atoms with Crippen molar-refractivity contribution in [2.75, 3.05) is 23.1 Å². The van der Waals surface area contributed by atoms with Crippen molar-refractivity contribution in [3.63, 3.8) is 0 Å². The van der Waals surface area contributed by atoms with Gasteiger partial charge in [-0.05, 0) is 68.8 Å². The van der Waals surface area contributed by atoms with Gasteiger partial charge in [-0.3, -0.25) is 4.90 Å². The van der Waals surface area contributed by atoms with Crippen LogP contribution in [0.1, 0.15) is 29.7 Å². The molecule has 1 saturated heterocycles. The Bertz CT molecular complexity index is 1040. The third-order valence-corrected chi connectivity index (χ3v) is 6.05. The zero-order valence-corrected chi connectivity index (χ0v) is 18.2. The van der Waals surface area contributed by atoms with Crippen LogP contribution >= 0.6 is 11.9 Å². The van der Waals surface area contributed by atoms with Crippen LogP contribution in [0.2, 0.25) is 0 Å². The normalized spacial score (nSPS) is 14.0. The highest BCUT2D eigenvalue weighted by molar-refractivity contribution is 8.00. The van der Waals surface area contributed by atoms with Gasteiger partial charge in [0.15, 0.2) is 0 Å². The van der Waals surface area contributed by atoms with Crippen LogP contribution in [0.4, 0.5) is 20.3 Å². The Morgan fingerprint density at radius 1 is 1.00 bits per heavy atom. The molecular formula is C23H25F2N5S. The number of nitrogens with one attached hydrogen (secondary N) is 2. The summed E-state index contributed by atoms with van der Waals surface area (Å²) in [5.74, 6) is -0.294.